The summed E-state index contributed by atoms with van der Waals surface area (Å²) in [6, 6.07) is 50.3. The third-order valence-electron chi connectivity index (χ3n) is 19.9. The maximum Gasteiger partial charge on any atom is 0.258 e. The van der Waals surface area contributed by atoms with E-state index >= 15 is 0 Å². The monoisotopic (exact) mass is 1450 g/mol. The van der Waals surface area contributed by atoms with Crippen molar-refractivity contribution < 1.29 is 18.9 Å². The SMILES string of the molecule is COc1ccc(-c2cc(=O)n3cc(N4CCC(N(C)C)CC4)ccc3n2)cc1OC.COc1ccc(-c2cc(=O)n3cc(N4CCNCC4)ccc3n2)cc1C.COc1ccc(-c2cc(=O)n3cc(N4CCNCC4)ccc3n2)cc1C#N.N#Cc1cccc(-c2cc(=O)n3cc(N4CCNCC4)ccc3n2)c1. The molecule has 0 amide bonds. The minimum atomic E-state index is -0.152. The topological polar surface area (TPSA) is 274 Å². The third-order valence-corrected chi connectivity index (χ3v) is 19.9. The lowest BCUT2D eigenvalue weighted by molar-refractivity contribution is 0.249. The molecule has 0 atom stereocenters. The summed E-state index contributed by atoms with van der Waals surface area (Å²) in [7, 11) is 10.6. The summed E-state index contributed by atoms with van der Waals surface area (Å²) < 4.78 is 27.5. The van der Waals surface area contributed by atoms with Crippen LogP contribution in [0.15, 0.2) is 196 Å². The first kappa shape index (κ1) is 73.8. The van der Waals surface area contributed by atoms with Crippen molar-refractivity contribution in [3.63, 3.8) is 0 Å². The van der Waals surface area contributed by atoms with Crippen LogP contribution >= 0.6 is 0 Å². The first-order chi connectivity index (χ1) is 52.6. The Morgan fingerprint density at radius 3 is 1.10 bits per heavy atom. The number of piperazine rings is 3. The van der Waals surface area contributed by atoms with Crippen molar-refractivity contribution in [2.24, 2.45) is 0 Å². The molecule has 26 nitrogen and oxygen atoms in total. The highest BCUT2D eigenvalue weighted by molar-refractivity contribution is 5.70. The molecule has 3 N–H and O–H groups in total. The van der Waals surface area contributed by atoms with Crippen LogP contribution in [0.25, 0.3) is 67.6 Å². The molecule has 26 heteroatoms. The molecular formula is C82H86N18O8. The number of rotatable bonds is 13. The predicted molar refractivity (Wildman–Crippen MR) is 422 cm³/mol. The van der Waals surface area contributed by atoms with Crippen LogP contribution in [-0.4, -0.2) is 183 Å². The van der Waals surface area contributed by atoms with Gasteiger partial charge in [-0.25, -0.2) is 19.9 Å². The van der Waals surface area contributed by atoms with Gasteiger partial charge >= 0.3 is 0 Å². The number of pyridine rings is 4. The van der Waals surface area contributed by atoms with Crippen molar-refractivity contribution in [3.8, 4) is 80.2 Å². The Hall–Kier alpha value is -12.5. The Morgan fingerprint density at radius 2 is 0.741 bits per heavy atom. The minimum Gasteiger partial charge on any atom is -0.496 e. The van der Waals surface area contributed by atoms with Crippen LogP contribution in [0.4, 0.5) is 22.7 Å². The lowest BCUT2D eigenvalue weighted by Crippen LogP contribution is -2.43. The molecule has 0 bridgehead atoms. The first-order valence-electron chi connectivity index (χ1n) is 36.0. The summed E-state index contributed by atoms with van der Waals surface area (Å²) >= 11 is 0. The average Bonchev–Trinajstić information content (AvgIpc) is 0.801. The highest BCUT2D eigenvalue weighted by Crippen LogP contribution is 2.33. The molecule has 552 valence electrons. The van der Waals surface area contributed by atoms with Gasteiger partial charge in [0.2, 0.25) is 0 Å². The highest BCUT2D eigenvalue weighted by atomic mass is 16.5. The number of aryl methyl sites for hydroxylation is 1. The lowest BCUT2D eigenvalue weighted by Gasteiger charge is -2.36. The zero-order valence-corrected chi connectivity index (χ0v) is 61.6. The summed E-state index contributed by atoms with van der Waals surface area (Å²) in [4.78, 5) is 80.8. The molecule has 4 aliphatic heterocycles. The molecule has 0 spiro atoms. The van der Waals surface area contributed by atoms with Crippen molar-refractivity contribution in [3.05, 3.63) is 235 Å². The van der Waals surface area contributed by atoms with E-state index in [1.54, 1.807) is 87.5 Å². The summed E-state index contributed by atoms with van der Waals surface area (Å²) in [6.45, 7) is 15.2. The molecule has 4 saturated heterocycles. The van der Waals surface area contributed by atoms with Gasteiger partial charge < -0.3 is 59.4 Å². The maximum absolute atomic E-state index is 12.9. The van der Waals surface area contributed by atoms with E-state index < -0.39 is 0 Å². The fraction of sp³-hybridized carbons (Fsp3) is 0.293. The van der Waals surface area contributed by atoms with E-state index in [9.17, 15) is 24.4 Å². The van der Waals surface area contributed by atoms with Gasteiger partial charge in [0.15, 0.2) is 11.5 Å². The van der Waals surface area contributed by atoms with Crippen LogP contribution < -0.4 is 76.7 Å². The molecule has 0 radical (unpaired) electrons. The Kier molecular flexibility index (Phi) is 23.1. The molecule has 4 aliphatic rings. The quantitative estimate of drug-likeness (QED) is 0.0979. The van der Waals surface area contributed by atoms with Crippen molar-refractivity contribution >= 4 is 45.3 Å². The van der Waals surface area contributed by atoms with E-state index in [0.717, 1.165) is 155 Å². The Bertz CT molecular complexity index is 5600. The van der Waals surface area contributed by atoms with Gasteiger partial charge in [-0.3, -0.25) is 36.8 Å². The van der Waals surface area contributed by atoms with E-state index in [1.165, 1.54) is 19.2 Å². The van der Waals surface area contributed by atoms with Gasteiger partial charge in [-0.15, -0.1) is 0 Å². The summed E-state index contributed by atoms with van der Waals surface area (Å²) in [5.74, 6) is 2.57. The van der Waals surface area contributed by atoms with Gasteiger partial charge in [-0.05, 0) is 155 Å². The number of hydrogen-bond acceptors (Lipinski definition) is 22. The summed E-state index contributed by atoms with van der Waals surface area (Å²) in [5.41, 5.74) is 13.7. The van der Waals surface area contributed by atoms with Gasteiger partial charge in [0, 0.05) is 169 Å². The molecule has 108 heavy (non-hydrogen) atoms. The fourth-order valence-corrected chi connectivity index (χ4v) is 13.9. The molecule has 0 unspecified atom stereocenters. The summed E-state index contributed by atoms with van der Waals surface area (Å²) in [6.07, 6.45) is 9.73. The number of nitriles is 2. The predicted octanol–water partition coefficient (Wildman–Crippen LogP) is 8.29. The van der Waals surface area contributed by atoms with E-state index in [1.807, 2.05) is 117 Å². The van der Waals surface area contributed by atoms with Crippen molar-refractivity contribution in [1.29, 1.82) is 10.5 Å². The maximum atomic E-state index is 12.9. The number of benzene rings is 4. The number of aromatic nitrogens is 8. The Morgan fingerprint density at radius 1 is 0.389 bits per heavy atom. The molecule has 0 saturated carbocycles. The minimum absolute atomic E-state index is 0.0737. The number of fused-ring (bicyclic) bond motifs is 4. The average molecular weight is 1450 g/mol. The number of methoxy groups -OCH3 is 4. The fourth-order valence-electron chi connectivity index (χ4n) is 13.9. The molecule has 0 aliphatic carbocycles. The number of nitrogens with zero attached hydrogens (tertiary/aromatic N) is 15. The smallest absolute Gasteiger partial charge is 0.258 e. The number of anilines is 4. The highest BCUT2D eigenvalue weighted by Gasteiger charge is 2.23. The molecule has 8 aromatic heterocycles. The third kappa shape index (κ3) is 16.8. The zero-order valence-electron chi connectivity index (χ0n) is 61.6. The standard InChI is InChI=1S/C23H28N4O3.C20H19N5O2.C20H22N4O2.C19H17N5O/c1-25(2)17-9-11-26(12-10-17)18-6-8-22-24-19(14-23(28)27(22)15-18)16-5-7-20(29-3)21(13-16)30-4;1-27-18-4-2-14(10-15(18)12-21)17-11-20(26)25-13-16(3-5-19(25)23-17)24-8-6-22-7-9-24;1-14-11-15(3-5-18(14)26-2)17-12-20(25)24-13-16(4-6-19(24)22-17)23-9-7-21-8-10-23;20-12-14-2-1-3-15(10-14)17-11-19(25)24-13-16(4-5-18(24)22-17)23-8-6-21-7-9-23/h5-8,13-15,17H,9-12H2,1-4H3;2-5,10-11,13,22H,6-9H2,1H3;3-6,11-13,21H,7-10H2,1-2H3;1-5,10-11,13,21H,6-9H2. The normalized spacial score (nSPS) is 14.6. The van der Waals surface area contributed by atoms with Gasteiger partial charge in [0.25, 0.3) is 22.2 Å². The van der Waals surface area contributed by atoms with Crippen LogP contribution in [0.2, 0.25) is 0 Å². The van der Waals surface area contributed by atoms with Crippen LogP contribution in [0.1, 0.15) is 29.5 Å². The molecule has 4 aromatic carbocycles. The van der Waals surface area contributed by atoms with E-state index in [0.29, 0.717) is 85.3 Å². The number of hydrogen-bond donors (Lipinski definition) is 3. The van der Waals surface area contributed by atoms with Crippen molar-refractivity contribution in [2.45, 2.75) is 25.8 Å². The van der Waals surface area contributed by atoms with Gasteiger partial charge in [0.1, 0.15) is 40.2 Å². The van der Waals surface area contributed by atoms with E-state index in [-0.39, 0.29) is 22.2 Å². The molecule has 4 fully saturated rings. The molecule has 12 heterocycles. The second-order valence-corrected chi connectivity index (χ2v) is 26.7. The number of nitrogens with one attached hydrogen (secondary N) is 3. The number of piperidine rings is 1. The second kappa shape index (κ2) is 33.8. The van der Waals surface area contributed by atoms with E-state index in [4.69, 9.17) is 29.2 Å². The summed E-state index contributed by atoms with van der Waals surface area (Å²) in [5, 5.41) is 28.3. The zero-order chi connectivity index (χ0) is 75.4. The first-order valence-corrected chi connectivity index (χ1v) is 36.0. The Labute approximate surface area is 624 Å². The largest absolute Gasteiger partial charge is 0.496 e. The lowest BCUT2D eigenvalue weighted by atomic mass is 10.0. The molecule has 16 rings (SSSR count). The van der Waals surface area contributed by atoms with Crippen molar-refractivity contribution in [1.82, 2.24) is 58.4 Å². The van der Waals surface area contributed by atoms with Crippen LogP contribution in [0.5, 0.6) is 23.0 Å². The Balaban J connectivity index is 0.000000127. The van der Waals surface area contributed by atoms with Gasteiger partial charge in [-0.1, -0.05) is 12.1 Å². The van der Waals surface area contributed by atoms with E-state index in [2.05, 4.69) is 87.7 Å². The molecular weight excluding hydrogens is 1370 g/mol. The second-order valence-electron chi connectivity index (χ2n) is 26.7. The van der Waals surface area contributed by atoms with Crippen LogP contribution in [0, 0.1) is 29.6 Å². The number of ether oxygens (including phenoxy) is 4. The van der Waals surface area contributed by atoms with Crippen LogP contribution in [0.3, 0.4) is 0 Å². The van der Waals surface area contributed by atoms with Gasteiger partial charge in [0.05, 0.1) is 91.2 Å². The van der Waals surface area contributed by atoms with Gasteiger partial charge in [-0.2, -0.15) is 10.5 Å². The van der Waals surface area contributed by atoms with Crippen LogP contribution in [-0.2, 0) is 0 Å². The van der Waals surface area contributed by atoms with Crippen molar-refractivity contribution in [2.75, 3.05) is 154 Å². The molecule has 12 aromatic rings.